The van der Waals surface area contributed by atoms with Crippen LogP contribution in [0.1, 0.15) is 51.5 Å². The molecule has 1 aromatic carbocycles. The van der Waals surface area contributed by atoms with E-state index in [1.807, 2.05) is 50.1 Å². The minimum Gasteiger partial charge on any atom is -0.355 e. The summed E-state index contributed by atoms with van der Waals surface area (Å²) in [5.74, 6) is 0.0122. The number of halogens is 1. The lowest BCUT2D eigenvalue weighted by Crippen LogP contribution is -2.26. The molecule has 5 heteroatoms. The van der Waals surface area contributed by atoms with E-state index in [0.717, 1.165) is 21.3 Å². The first-order valence-electron chi connectivity index (χ1n) is 8.02. The molecule has 0 amide bonds. The summed E-state index contributed by atoms with van der Waals surface area (Å²) in [7, 11) is 1.92. The largest absolute Gasteiger partial charge is 0.355 e. The Bertz CT molecular complexity index is 765. The minimum absolute atomic E-state index is 0.00113. The molecule has 2 aromatic rings. The molecule has 1 aromatic heterocycles. The van der Waals surface area contributed by atoms with Crippen LogP contribution in [0, 0.1) is 6.92 Å². The van der Waals surface area contributed by atoms with Crippen LogP contribution in [0.25, 0.3) is 0 Å². The number of nitrogens with one attached hydrogen (secondary N) is 1. The lowest BCUT2D eigenvalue weighted by molar-refractivity contribution is 0.0937. The molecule has 0 spiro atoms. The van der Waals surface area contributed by atoms with E-state index in [2.05, 4.69) is 20.9 Å². The second-order valence-electron chi connectivity index (χ2n) is 6.08. The molecule has 0 radical (unpaired) electrons. The van der Waals surface area contributed by atoms with Gasteiger partial charge in [-0.1, -0.05) is 41.1 Å². The van der Waals surface area contributed by atoms with E-state index < -0.39 is 0 Å². The fourth-order valence-electron chi connectivity index (χ4n) is 3.04. The zero-order chi connectivity index (χ0) is 17.9. The van der Waals surface area contributed by atoms with Crippen LogP contribution in [0.2, 0.25) is 0 Å². The summed E-state index contributed by atoms with van der Waals surface area (Å²) >= 11 is 3.53. The lowest BCUT2D eigenvalue weighted by atomic mass is 10.0. The van der Waals surface area contributed by atoms with Crippen LogP contribution in [-0.4, -0.2) is 35.0 Å². The van der Waals surface area contributed by atoms with Crippen LogP contribution >= 0.6 is 15.9 Å². The Kier molecular flexibility index (Phi) is 6.13. The van der Waals surface area contributed by atoms with Crippen molar-refractivity contribution in [3.8, 4) is 0 Å². The molecule has 0 aliphatic heterocycles. The molecule has 1 N–H and O–H groups in total. The number of carbonyl (C=O) groups excluding carboxylic acids is 2. The Morgan fingerprint density at radius 2 is 1.92 bits per heavy atom. The van der Waals surface area contributed by atoms with Crippen LogP contribution in [0.4, 0.5) is 0 Å². The second kappa shape index (κ2) is 7.90. The third-order valence-electron chi connectivity index (χ3n) is 4.09. The monoisotopic (exact) mass is 390 g/mol. The van der Waals surface area contributed by atoms with Crippen LogP contribution in [0.5, 0.6) is 0 Å². The van der Waals surface area contributed by atoms with Gasteiger partial charge in [-0.3, -0.25) is 14.5 Å². The molecular weight excluding hydrogens is 368 g/mol. The van der Waals surface area contributed by atoms with Crippen LogP contribution in [-0.2, 0) is 13.0 Å². The number of aromatic amines is 1. The van der Waals surface area contributed by atoms with Crippen molar-refractivity contribution >= 4 is 27.5 Å². The molecule has 2 rings (SSSR count). The number of Topliss-reactive ketones (excluding diaryl/α,β-unsaturated/α-hetero) is 2. The highest BCUT2D eigenvalue weighted by Gasteiger charge is 2.22. The van der Waals surface area contributed by atoms with Crippen LogP contribution < -0.4 is 0 Å². The third kappa shape index (κ3) is 4.02. The normalized spacial score (nSPS) is 11.1. The third-order valence-corrected chi connectivity index (χ3v) is 4.86. The van der Waals surface area contributed by atoms with Crippen LogP contribution in [0.3, 0.4) is 0 Å². The first kappa shape index (κ1) is 18.6. The Hall–Kier alpha value is -1.72. The summed E-state index contributed by atoms with van der Waals surface area (Å²) in [5.41, 5.74) is 3.97. The standard InChI is InChI=1S/C19H23BrN2O2/c1-5-15-18(13(3)23)12(2)21-19(15)17(24)11-22(4)10-14-8-6-7-9-16(14)20/h6-9,21H,5,10-11H2,1-4H3. The van der Waals surface area contributed by atoms with Gasteiger partial charge in [0.05, 0.1) is 12.2 Å². The Morgan fingerprint density at radius 1 is 1.25 bits per heavy atom. The van der Waals surface area contributed by atoms with Crippen molar-refractivity contribution in [2.45, 2.75) is 33.7 Å². The Balaban J connectivity index is 2.17. The van der Waals surface area contributed by atoms with E-state index in [0.29, 0.717) is 30.8 Å². The molecule has 4 nitrogen and oxygen atoms in total. The minimum atomic E-state index is 0.00113. The molecule has 0 saturated heterocycles. The number of hydrogen-bond acceptors (Lipinski definition) is 3. The fraction of sp³-hybridized carbons (Fsp3) is 0.368. The molecular formula is C19H23BrN2O2. The van der Waals surface area contributed by atoms with E-state index in [1.165, 1.54) is 0 Å². The van der Waals surface area contributed by atoms with Crippen molar-refractivity contribution in [1.29, 1.82) is 0 Å². The fourth-order valence-corrected chi connectivity index (χ4v) is 3.45. The lowest BCUT2D eigenvalue weighted by Gasteiger charge is -2.17. The Morgan fingerprint density at radius 3 is 2.50 bits per heavy atom. The second-order valence-corrected chi connectivity index (χ2v) is 6.93. The maximum absolute atomic E-state index is 12.7. The first-order valence-corrected chi connectivity index (χ1v) is 8.82. The topological polar surface area (TPSA) is 53.2 Å². The van der Waals surface area contributed by atoms with Gasteiger partial charge in [0, 0.05) is 22.3 Å². The van der Waals surface area contributed by atoms with Crippen molar-refractivity contribution in [2.24, 2.45) is 0 Å². The van der Waals surface area contributed by atoms with Crippen molar-refractivity contribution in [2.75, 3.05) is 13.6 Å². The number of ketones is 2. The van der Waals surface area contributed by atoms with Gasteiger partial charge in [0.1, 0.15) is 0 Å². The predicted octanol–water partition coefficient (Wildman–Crippen LogP) is 4.17. The number of rotatable bonds is 7. The first-order chi connectivity index (χ1) is 11.3. The highest BCUT2D eigenvalue weighted by atomic mass is 79.9. The zero-order valence-electron chi connectivity index (χ0n) is 14.6. The predicted molar refractivity (Wildman–Crippen MR) is 99.7 cm³/mol. The number of nitrogens with zero attached hydrogens (tertiary/aromatic N) is 1. The van der Waals surface area contributed by atoms with E-state index in [1.54, 1.807) is 6.92 Å². The number of hydrogen-bond donors (Lipinski definition) is 1. The van der Waals surface area contributed by atoms with Crippen molar-refractivity contribution in [3.05, 3.63) is 56.8 Å². The van der Waals surface area contributed by atoms with Gasteiger partial charge in [0.15, 0.2) is 11.6 Å². The number of H-pyrrole nitrogens is 1. The Labute approximate surface area is 151 Å². The molecule has 0 bridgehead atoms. The molecule has 0 saturated carbocycles. The van der Waals surface area contributed by atoms with E-state index in [4.69, 9.17) is 0 Å². The zero-order valence-corrected chi connectivity index (χ0v) is 16.2. The highest BCUT2D eigenvalue weighted by Crippen LogP contribution is 2.22. The summed E-state index contributed by atoms with van der Waals surface area (Å²) in [6.45, 7) is 6.33. The summed E-state index contributed by atoms with van der Waals surface area (Å²) in [6.07, 6.45) is 0.661. The van der Waals surface area contributed by atoms with Gasteiger partial charge in [0.2, 0.25) is 0 Å². The average Bonchev–Trinajstić information content (AvgIpc) is 2.86. The summed E-state index contributed by atoms with van der Waals surface area (Å²) < 4.78 is 1.04. The van der Waals surface area contributed by atoms with Crippen molar-refractivity contribution < 1.29 is 9.59 Å². The molecule has 24 heavy (non-hydrogen) atoms. The molecule has 0 atom stereocenters. The summed E-state index contributed by atoms with van der Waals surface area (Å²) in [5, 5.41) is 0. The van der Waals surface area contributed by atoms with E-state index in [9.17, 15) is 9.59 Å². The van der Waals surface area contributed by atoms with Crippen molar-refractivity contribution in [3.63, 3.8) is 0 Å². The molecule has 0 unspecified atom stereocenters. The van der Waals surface area contributed by atoms with Crippen LogP contribution in [0.15, 0.2) is 28.7 Å². The summed E-state index contributed by atoms with van der Waals surface area (Å²) in [6, 6.07) is 7.98. The van der Waals surface area contributed by atoms with Gasteiger partial charge in [-0.15, -0.1) is 0 Å². The van der Waals surface area contributed by atoms with Gasteiger partial charge in [0.25, 0.3) is 0 Å². The van der Waals surface area contributed by atoms with E-state index in [-0.39, 0.29) is 11.6 Å². The van der Waals surface area contributed by atoms with Gasteiger partial charge in [-0.05, 0) is 44.5 Å². The molecule has 0 aliphatic rings. The quantitative estimate of drug-likeness (QED) is 0.721. The van der Waals surface area contributed by atoms with Gasteiger partial charge < -0.3 is 4.98 Å². The van der Waals surface area contributed by atoms with Gasteiger partial charge in [-0.2, -0.15) is 0 Å². The summed E-state index contributed by atoms with van der Waals surface area (Å²) in [4.78, 5) is 29.6. The smallest absolute Gasteiger partial charge is 0.193 e. The molecule has 0 fully saturated rings. The number of aromatic nitrogens is 1. The number of benzene rings is 1. The van der Waals surface area contributed by atoms with E-state index >= 15 is 0 Å². The maximum atomic E-state index is 12.7. The average molecular weight is 391 g/mol. The number of likely N-dealkylation sites (N-methyl/N-ethyl adjacent to an activating group) is 1. The SMILES string of the molecule is CCc1c(C(=O)CN(C)Cc2ccccc2Br)[nH]c(C)c1C(C)=O. The number of carbonyl (C=O) groups is 2. The molecule has 0 aliphatic carbocycles. The molecule has 1 heterocycles. The van der Waals surface area contributed by atoms with Gasteiger partial charge in [-0.25, -0.2) is 0 Å². The maximum Gasteiger partial charge on any atom is 0.193 e. The van der Waals surface area contributed by atoms with Crippen molar-refractivity contribution in [1.82, 2.24) is 9.88 Å². The molecule has 128 valence electrons. The number of aryl methyl sites for hydroxylation is 1. The van der Waals surface area contributed by atoms with Gasteiger partial charge >= 0.3 is 0 Å². The highest BCUT2D eigenvalue weighted by molar-refractivity contribution is 9.10.